The molecule has 5 heteroatoms. The minimum absolute atomic E-state index is 0.0609. The number of carbonyl (C=O) groups is 2. The summed E-state index contributed by atoms with van der Waals surface area (Å²) >= 11 is 1.56. The van der Waals surface area contributed by atoms with Crippen LogP contribution in [0, 0.1) is 5.92 Å². The van der Waals surface area contributed by atoms with E-state index in [4.69, 9.17) is 4.74 Å². The van der Waals surface area contributed by atoms with Gasteiger partial charge in [0.25, 0.3) is 0 Å². The van der Waals surface area contributed by atoms with Crippen molar-refractivity contribution in [1.29, 1.82) is 0 Å². The Morgan fingerprint density at radius 1 is 1.32 bits per heavy atom. The third kappa shape index (κ3) is 3.69. The first-order chi connectivity index (χ1) is 10.6. The Bertz CT molecular complexity index is 550. The second-order valence-corrected chi connectivity index (χ2v) is 6.83. The van der Waals surface area contributed by atoms with Crippen LogP contribution in [0.5, 0.6) is 0 Å². The number of thiophene rings is 1. The lowest BCUT2D eigenvalue weighted by atomic mass is 9.84. The van der Waals surface area contributed by atoms with E-state index in [1.165, 1.54) is 17.7 Å². The van der Waals surface area contributed by atoms with Crippen molar-refractivity contribution in [3.8, 4) is 0 Å². The number of rotatable bonds is 6. The molecule has 0 radical (unpaired) electrons. The summed E-state index contributed by atoms with van der Waals surface area (Å²) in [5.74, 6) is 0.329. The van der Waals surface area contributed by atoms with Gasteiger partial charge in [-0.1, -0.05) is 26.7 Å². The summed E-state index contributed by atoms with van der Waals surface area (Å²) in [6.07, 6.45) is 5.86. The lowest BCUT2D eigenvalue weighted by Gasteiger charge is -2.21. The topological polar surface area (TPSA) is 55.4 Å². The van der Waals surface area contributed by atoms with Gasteiger partial charge in [-0.2, -0.15) is 0 Å². The van der Waals surface area contributed by atoms with Gasteiger partial charge >= 0.3 is 5.97 Å². The van der Waals surface area contributed by atoms with E-state index in [-0.39, 0.29) is 11.9 Å². The second kappa shape index (κ2) is 7.77. The van der Waals surface area contributed by atoms with E-state index in [2.05, 4.69) is 12.2 Å². The Morgan fingerprint density at radius 2 is 2.09 bits per heavy atom. The Morgan fingerprint density at radius 3 is 2.73 bits per heavy atom. The average Bonchev–Trinajstić information content (AvgIpc) is 2.84. The molecule has 1 N–H and O–H groups in total. The summed E-state index contributed by atoms with van der Waals surface area (Å²) in [5.41, 5.74) is 1.70. The maximum atomic E-state index is 12.3. The standard InChI is InChI=1S/C17H25NO3S/c1-4-7-11-8-9-12-13(10-11)22-16(18-14(19)5-2)15(12)17(20)21-6-3/h11H,4-10H2,1-3H3,(H,18,19). The van der Waals surface area contributed by atoms with Crippen LogP contribution in [0.1, 0.15) is 67.3 Å². The van der Waals surface area contributed by atoms with Crippen LogP contribution in [0.25, 0.3) is 0 Å². The summed E-state index contributed by atoms with van der Waals surface area (Å²) < 4.78 is 5.20. The van der Waals surface area contributed by atoms with Gasteiger partial charge in [-0.3, -0.25) is 4.79 Å². The van der Waals surface area contributed by atoms with Gasteiger partial charge in [0.2, 0.25) is 5.91 Å². The molecule has 0 saturated heterocycles. The third-order valence-electron chi connectivity index (χ3n) is 4.12. The molecule has 1 unspecified atom stereocenters. The number of carbonyl (C=O) groups excluding carboxylic acids is 2. The van der Waals surface area contributed by atoms with Gasteiger partial charge in [0, 0.05) is 11.3 Å². The zero-order valence-electron chi connectivity index (χ0n) is 13.7. The number of ether oxygens (including phenoxy) is 1. The van der Waals surface area contributed by atoms with Gasteiger partial charge in [0.15, 0.2) is 0 Å². The van der Waals surface area contributed by atoms with Crippen LogP contribution >= 0.6 is 11.3 Å². The average molecular weight is 323 g/mol. The molecule has 1 aromatic rings. The number of hydrogen-bond acceptors (Lipinski definition) is 4. The Balaban J connectivity index is 2.32. The van der Waals surface area contributed by atoms with Crippen LogP contribution in [0.2, 0.25) is 0 Å². The van der Waals surface area contributed by atoms with Crippen molar-refractivity contribution in [3.63, 3.8) is 0 Å². The van der Waals surface area contributed by atoms with Crippen LogP contribution in [0.3, 0.4) is 0 Å². The Kier molecular flexibility index (Phi) is 6.00. The number of anilines is 1. The van der Waals surface area contributed by atoms with E-state index in [9.17, 15) is 9.59 Å². The van der Waals surface area contributed by atoms with E-state index < -0.39 is 0 Å². The van der Waals surface area contributed by atoms with Crippen LogP contribution in [0.15, 0.2) is 0 Å². The highest BCUT2D eigenvalue weighted by Crippen LogP contribution is 2.41. The molecule has 0 aliphatic heterocycles. The molecule has 1 heterocycles. The van der Waals surface area contributed by atoms with Gasteiger partial charge in [-0.15, -0.1) is 11.3 Å². The second-order valence-electron chi connectivity index (χ2n) is 5.73. The van der Waals surface area contributed by atoms with Crippen molar-refractivity contribution < 1.29 is 14.3 Å². The summed E-state index contributed by atoms with van der Waals surface area (Å²) in [6.45, 7) is 6.17. The van der Waals surface area contributed by atoms with E-state index in [0.717, 1.165) is 24.8 Å². The highest BCUT2D eigenvalue weighted by atomic mass is 32.1. The Labute approximate surface area is 136 Å². The number of hydrogen-bond donors (Lipinski definition) is 1. The zero-order chi connectivity index (χ0) is 16.1. The fourth-order valence-electron chi connectivity index (χ4n) is 3.03. The first-order valence-corrected chi connectivity index (χ1v) is 9.03. The molecule has 22 heavy (non-hydrogen) atoms. The molecular weight excluding hydrogens is 298 g/mol. The smallest absolute Gasteiger partial charge is 0.341 e. The normalized spacial score (nSPS) is 17.0. The molecule has 122 valence electrons. The summed E-state index contributed by atoms with van der Waals surface area (Å²) in [5, 5.41) is 3.56. The lowest BCUT2D eigenvalue weighted by molar-refractivity contribution is -0.115. The molecule has 0 fully saturated rings. The Hall–Kier alpha value is -1.36. The van der Waals surface area contributed by atoms with E-state index >= 15 is 0 Å². The van der Waals surface area contributed by atoms with Gasteiger partial charge in [0.1, 0.15) is 5.00 Å². The predicted octanol–water partition coefficient (Wildman–Crippen LogP) is 4.18. The largest absolute Gasteiger partial charge is 0.462 e. The van der Waals surface area contributed by atoms with Crippen LogP contribution in [-0.4, -0.2) is 18.5 Å². The summed E-state index contributed by atoms with van der Waals surface area (Å²) in [7, 11) is 0. The number of esters is 1. The fourth-order valence-corrected chi connectivity index (χ4v) is 4.40. The van der Waals surface area contributed by atoms with Gasteiger partial charge in [-0.25, -0.2) is 4.79 Å². The highest BCUT2D eigenvalue weighted by molar-refractivity contribution is 7.17. The van der Waals surface area contributed by atoms with Crippen molar-refractivity contribution in [2.45, 2.75) is 59.3 Å². The van der Waals surface area contributed by atoms with Crippen molar-refractivity contribution in [1.82, 2.24) is 0 Å². The number of fused-ring (bicyclic) bond motifs is 1. The van der Waals surface area contributed by atoms with Gasteiger partial charge in [0.05, 0.1) is 12.2 Å². The molecule has 1 aromatic heterocycles. The van der Waals surface area contributed by atoms with E-state index in [1.807, 2.05) is 6.92 Å². The maximum absolute atomic E-state index is 12.3. The SMILES string of the molecule is CCCC1CCc2c(sc(NC(=O)CC)c2C(=O)OCC)C1. The molecule has 1 aliphatic carbocycles. The van der Waals surface area contributed by atoms with Crippen molar-refractivity contribution in [2.75, 3.05) is 11.9 Å². The molecule has 0 aromatic carbocycles. The monoisotopic (exact) mass is 323 g/mol. The molecule has 2 rings (SSSR count). The van der Waals surface area contributed by atoms with E-state index in [1.54, 1.807) is 18.3 Å². The lowest BCUT2D eigenvalue weighted by Crippen LogP contribution is -2.17. The molecule has 1 amide bonds. The van der Waals surface area contributed by atoms with Crippen molar-refractivity contribution in [3.05, 3.63) is 16.0 Å². The van der Waals surface area contributed by atoms with Gasteiger partial charge in [-0.05, 0) is 37.7 Å². The van der Waals surface area contributed by atoms with E-state index in [0.29, 0.717) is 29.5 Å². The highest BCUT2D eigenvalue weighted by Gasteiger charge is 2.29. The number of amides is 1. The molecule has 1 aliphatic rings. The van der Waals surface area contributed by atoms with Crippen LogP contribution in [-0.2, 0) is 22.4 Å². The molecule has 1 atom stereocenters. The summed E-state index contributed by atoms with van der Waals surface area (Å²) in [6, 6.07) is 0. The first-order valence-electron chi connectivity index (χ1n) is 8.22. The van der Waals surface area contributed by atoms with Crippen LogP contribution in [0.4, 0.5) is 5.00 Å². The number of nitrogens with one attached hydrogen (secondary N) is 1. The third-order valence-corrected chi connectivity index (χ3v) is 5.29. The predicted molar refractivity (Wildman–Crippen MR) is 89.6 cm³/mol. The minimum Gasteiger partial charge on any atom is -0.462 e. The quantitative estimate of drug-likeness (QED) is 0.799. The molecule has 0 spiro atoms. The molecule has 4 nitrogen and oxygen atoms in total. The summed E-state index contributed by atoms with van der Waals surface area (Å²) in [4.78, 5) is 25.3. The fraction of sp³-hybridized carbons (Fsp3) is 0.647. The van der Waals surface area contributed by atoms with Crippen molar-refractivity contribution >= 4 is 28.2 Å². The molecule has 0 saturated carbocycles. The first kappa shape index (κ1) is 17.0. The maximum Gasteiger partial charge on any atom is 0.341 e. The van der Waals surface area contributed by atoms with Crippen LogP contribution < -0.4 is 5.32 Å². The minimum atomic E-state index is -0.305. The molecule has 0 bridgehead atoms. The van der Waals surface area contributed by atoms with Gasteiger partial charge < -0.3 is 10.1 Å². The van der Waals surface area contributed by atoms with Crippen molar-refractivity contribution in [2.24, 2.45) is 5.92 Å². The molecular formula is C17H25NO3S. The zero-order valence-corrected chi connectivity index (χ0v) is 14.5.